The smallest absolute Gasteiger partial charge is 0.308 e. The standard InChI is InChI=1S/C15H16N6O.C5H10O2/c1-15(2,3)13(22)20-14-18-9-17-12-11(8-19-21(12)14)10-4-6-16-7-5-10;1-5(2,3)4(6)7/h4-9H,1-3H3,(H,17,18,20,22);1-3H3,(H,6,7). The first-order valence-electron chi connectivity index (χ1n) is 9.05. The number of carboxylic acid groups (broad SMARTS) is 1. The van der Waals surface area contributed by atoms with Gasteiger partial charge in [0, 0.05) is 23.4 Å². The number of nitrogens with one attached hydrogen (secondary N) is 1. The van der Waals surface area contributed by atoms with E-state index in [9.17, 15) is 9.59 Å². The number of carboxylic acids is 1. The number of hydrogen-bond acceptors (Lipinski definition) is 6. The Balaban J connectivity index is 0.000000370. The average Bonchev–Trinajstić information content (AvgIpc) is 3.06. The van der Waals surface area contributed by atoms with E-state index in [1.165, 1.54) is 10.8 Å². The summed E-state index contributed by atoms with van der Waals surface area (Å²) < 4.78 is 1.53. The number of carbonyl (C=O) groups excluding carboxylic acids is 1. The fourth-order valence-electron chi connectivity index (χ4n) is 1.92. The van der Waals surface area contributed by atoms with E-state index < -0.39 is 16.8 Å². The third kappa shape index (κ3) is 5.56. The van der Waals surface area contributed by atoms with Gasteiger partial charge in [-0.05, 0) is 38.5 Å². The zero-order valence-electron chi connectivity index (χ0n) is 17.5. The Hall–Kier alpha value is -3.36. The Bertz CT molecular complexity index is 1000. The largest absolute Gasteiger partial charge is 0.481 e. The third-order valence-corrected chi connectivity index (χ3v) is 3.84. The van der Waals surface area contributed by atoms with Crippen molar-refractivity contribution in [3.8, 4) is 11.1 Å². The fourth-order valence-corrected chi connectivity index (χ4v) is 1.92. The van der Waals surface area contributed by atoms with Crippen LogP contribution in [0.4, 0.5) is 5.95 Å². The summed E-state index contributed by atoms with van der Waals surface area (Å²) in [6.07, 6.45) is 6.54. The molecule has 0 aliphatic rings. The lowest BCUT2D eigenvalue weighted by atomic mass is 9.96. The van der Waals surface area contributed by atoms with Crippen LogP contribution in [0.25, 0.3) is 16.8 Å². The van der Waals surface area contributed by atoms with Gasteiger partial charge < -0.3 is 5.11 Å². The molecular formula is C20H26N6O3. The molecular weight excluding hydrogens is 372 g/mol. The van der Waals surface area contributed by atoms with E-state index in [4.69, 9.17) is 5.11 Å². The second-order valence-corrected chi connectivity index (χ2v) is 8.49. The molecule has 1 amide bonds. The van der Waals surface area contributed by atoms with Crippen LogP contribution in [0.1, 0.15) is 41.5 Å². The summed E-state index contributed by atoms with van der Waals surface area (Å²) in [6.45, 7) is 10.5. The van der Waals surface area contributed by atoms with Gasteiger partial charge in [0.2, 0.25) is 11.9 Å². The minimum Gasteiger partial charge on any atom is -0.481 e. The van der Waals surface area contributed by atoms with Gasteiger partial charge in [0.05, 0.1) is 11.6 Å². The molecule has 0 saturated carbocycles. The van der Waals surface area contributed by atoms with Crippen molar-refractivity contribution in [3.05, 3.63) is 37.1 Å². The van der Waals surface area contributed by atoms with Crippen LogP contribution >= 0.6 is 0 Å². The molecule has 3 heterocycles. The normalized spacial score (nSPS) is 11.5. The summed E-state index contributed by atoms with van der Waals surface area (Å²) in [5.41, 5.74) is 1.34. The highest BCUT2D eigenvalue weighted by molar-refractivity contribution is 5.93. The molecule has 9 nitrogen and oxygen atoms in total. The van der Waals surface area contributed by atoms with Crippen molar-refractivity contribution in [2.45, 2.75) is 41.5 Å². The monoisotopic (exact) mass is 398 g/mol. The van der Waals surface area contributed by atoms with Crippen LogP contribution in [0.5, 0.6) is 0 Å². The molecule has 3 rings (SSSR count). The summed E-state index contributed by atoms with van der Waals surface area (Å²) >= 11 is 0. The summed E-state index contributed by atoms with van der Waals surface area (Å²) in [6, 6.07) is 3.76. The van der Waals surface area contributed by atoms with E-state index in [2.05, 4.69) is 25.4 Å². The van der Waals surface area contributed by atoms with E-state index >= 15 is 0 Å². The minimum absolute atomic E-state index is 0.131. The molecule has 2 N–H and O–H groups in total. The molecule has 29 heavy (non-hydrogen) atoms. The molecule has 9 heteroatoms. The van der Waals surface area contributed by atoms with Gasteiger partial charge in [0.1, 0.15) is 6.33 Å². The number of carbonyl (C=O) groups is 2. The van der Waals surface area contributed by atoms with Gasteiger partial charge in [0.15, 0.2) is 5.65 Å². The number of fused-ring (bicyclic) bond motifs is 1. The first-order chi connectivity index (χ1) is 13.4. The number of anilines is 1. The van der Waals surface area contributed by atoms with Crippen molar-refractivity contribution >= 4 is 23.5 Å². The van der Waals surface area contributed by atoms with Crippen LogP contribution in [0, 0.1) is 10.8 Å². The van der Waals surface area contributed by atoms with Crippen molar-refractivity contribution in [1.29, 1.82) is 0 Å². The van der Waals surface area contributed by atoms with E-state index in [-0.39, 0.29) is 5.91 Å². The van der Waals surface area contributed by atoms with E-state index in [0.717, 1.165) is 11.1 Å². The van der Waals surface area contributed by atoms with Crippen LogP contribution in [-0.2, 0) is 9.59 Å². The molecule has 3 aromatic heterocycles. The van der Waals surface area contributed by atoms with Crippen molar-refractivity contribution in [1.82, 2.24) is 24.6 Å². The van der Waals surface area contributed by atoms with Gasteiger partial charge in [-0.1, -0.05) is 20.8 Å². The van der Waals surface area contributed by atoms with Gasteiger partial charge in [-0.15, -0.1) is 0 Å². The van der Waals surface area contributed by atoms with Crippen LogP contribution in [0.15, 0.2) is 37.1 Å². The lowest BCUT2D eigenvalue weighted by Gasteiger charge is -2.17. The fraction of sp³-hybridized carbons (Fsp3) is 0.400. The van der Waals surface area contributed by atoms with Gasteiger partial charge in [-0.3, -0.25) is 19.9 Å². The third-order valence-electron chi connectivity index (χ3n) is 3.84. The molecule has 0 aliphatic heterocycles. The molecule has 0 unspecified atom stereocenters. The number of amides is 1. The maximum atomic E-state index is 12.1. The summed E-state index contributed by atoms with van der Waals surface area (Å²) in [5.74, 6) is -0.536. The maximum absolute atomic E-state index is 12.1. The van der Waals surface area contributed by atoms with Crippen LogP contribution in [-0.4, -0.2) is 41.5 Å². The van der Waals surface area contributed by atoms with Crippen molar-refractivity contribution in [3.63, 3.8) is 0 Å². The predicted molar refractivity (Wildman–Crippen MR) is 109 cm³/mol. The summed E-state index contributed by atoms with van der Waals surface area (Å²) in [7, 11) is 0. The molecule has 0 spiro atoms. The van der Waals surface area contributed by atoms with Crippen molar-refractivity contribution < 1.29 is 14.7 Å². The summed E-state index contributed by atoms with van der Waals surface area (Å²) in [5, 5.41) is 15.3. The maximum Gasteiger partial charge on any atom is 0.308 e. The highest BCUT2D eigenvalue weighted by Crippen LogP contribution is 2.24. The number of rotatable bonds is 2. The molecule has 0 atom stereocenters. The quantitative estimate of drug-likeness (QED) is 0.679. The predicted octanol–water partition coefficient (Wildman–Crippen LogP) is 3.29. The van der Waals surface area contributed by atoms with Gasteiger partial charge in [-0.2, -0.15) is 9.61 Å². The Labute approximate surface area is 169 Å². The average molecular weight is 398 g/mol. The van der Waals surface area contributed by atoms with Gasteiger partial charge in [-0.25, -0.2) is 9.97 Å². The number of aliphatic carboxylic acids is 1. The van der Waals surface area contributed by atoms with Crippen LogP contribution < -0.4 is 5.32 Å². The van der Waals surface area contributed by atoms with Crippen molar-refractivity contribution in [2.75, 3.05) is 5.32 Å². The van der Waals surface area contributed by atoms with Crippen LogP contribution in [0.2, 0.25) is 0 Å². The first kappa shape index (κ1) is 21.9. The lowest BCUT2D eigenvalue weighted by Crippen LogP contribution is -2.29. The topological polar surface area (TPSA) is 122 Å². The highest BCUT2D eigenvalue weighted by Gasteiger charge is 2.23. The molecule has 154 valence electrons. The Morgan fingerprint density at radius 3 is 2.10 bits per heavy atom. The van der Waals surface area contributed by atoms with Gasteiger partial charge >= 0.3 is 5.97 Å². The number of hydrogen-bond donors (Lipinski definition) is 2. The second kappa shape index (κ2) is 8.34. The van der Waals surface area contributed by atoms with E-state index in [0.29, 0.717) is 11.6 Å². The minimum atomic E-state index is -0.757. The SMILES string of the molecule is CC(C)(C)C(=O)Nc1ncnc2c(-c3ccncc3)cnn12.CC(C)(C)C(=O)O. The van der Waals surface area contributed by atoms with Gasteiger partial charge in [0.25, 0.3) is 0 Å². The molecule has 0 aromatic carbocycles. The Morgan fingerprint density at radius 1 is 1.00 bits per heavy atom. The Morgan fingerprint density at radius 2 is 1.59 bits per heavy atom. The molecule has 3 aromatic rings. The van der Waals surface area contributed by atoms with E-state index in [1.54, 1.807) is 39.4 Å². The highest BCUT2D eigenvalue weighted by atomic mass is 16.4. The zero-order chi connectivity index (χ0) is 21.8. The summed E-state index contributed by atoms with van der Waals surface area (Å²) in [4.78, 5) is 34.5. The first-order valence-corrected chi connectivity index (χ1v) is 9.05. The second-order valence-electron chi connectivity index (χ2n) is 8.49. The zero-order valence-corrected chi connectivity index (χ0v) is 17.5. The number of nitrogens with zero attached hydrogens (tertiary/aromatic N) is 5. The molecule has 0 fully saturated rings. The lowest BCUT2D eigenvalue weighted by molar-refractivity contribution is -0.145. The molecule has 0 radical (unpaired) electrons. The molecule has 0 bridgehead atoms. The molecule has 0 aliphatic carbocycles. The number of aromatic nitrogens is 5. The number of pyridine rings is 1. The van der Waals surface area contributed by atoms with Crippen LogP contribution in [0.3, 0.4) is 0 Å². The van der Waals surface area contributed by atoms with Crippen molar-refractivity contribution in [2.24, 2.45) is 10.8 Å². The van der Waals surface area contributed by atoms with E-state index in [1.807, 2.05) is 32.9 Å². The Kier molecular flexibility index (Phi) is 6.31. The molecule has 0 saturated heterocycles.